The van der Waals surface area contributed by atoms with Gasteiger partial charge >= 0.3 is 0 Å². The molecule has 1 aliphatic rings. The van der Waals surface area contributed by atoms with E-state index in [2.05, 4.69) is 0 Å². The second-order valence-corrected chi connectivity index (χ2v) is 7.81. The number of rotatable bonds is 8. The van der Waals surface area contributed by atoms with Crippen molar-refractivity contribution in [2.45, 2.75) is 12.5 Å². The number of benzene rings is 2. The van der Waals surface area contributed by atoms with Gasteiger partial charge in [-0.2, -0.15) is 0 Å². The SMILES string of the molecule is COc1ccc([C@H]2C(=C(O)c3cccc(OC)c3)C(=O)C(=O)N2CCC[NH+](C)C)cc1. The molecule has 0 bridgehead atoms. The number of hydrogen-bond acceptors (Lipinski definition) is 5. The summed E-state index contributed by atoms with van der Waals surface area (Å²) in [5, 5.41) is 11.1. The number of nitrogens with zero attached hydrogens (tertiary/aromatic N) is 1. The third-order valence-corrected chi connectivity index (χ3v) is 5.39. The third kappa shape index (κ3) is 4.72. The Bertz CT molecular complexity index is 982. The minimum absolute atomic E-state index is 0.0839. The number of hydrogen-bond donors (Lipinski definition) is 2. The molecule has 1 saturated heterocycles. The molecule has 1 fully saturated rings. The molecule has 1 atom stereocenters. The Morgan fingerprint density at radius 3 is 2.32 bits per heavy atom. The number of amides is 1. The van der Waals surface area contributed by atoms with E-state index in [4.69, 9.17) is 9.47 Å². The Morgan fingerprint density at radius 2 is 1.71 bits per heavy atom. The van der Waals surface area contributed by atoms with Crippen LogP contribution in [0.25, 0.3) is 5.76 Å². The number of likely N-dealkylation sites (tertiary alicyclic amines) is 1. The molecule has 7 heteroatoms. The summed E-state index contributed by atoms with van der Waals surface area (Å²) in [7, 11) is 7.19. The maximum atomic E-state index is 13.0. The van der Waals surface area contributed by atoms with E-state index < -0.39 is 17.7 Å². The average molecular weight is 426 g/mol. The molecule has 0 radical (unpaired) electrons. The summed E-state index contributed by atoms with van der Waals surface area (Å²) in [6.07, 6.45) is 0.737. The first kappa shape index (κ1) is 22.4. The number of methoxy groups -OCH3 is 2. The molecule has 1 amide bonds. The quantitative estimate of drug-likeness (QED) is 0.382. The number of Topliss-reactive ketones (excluding diaryl/α,β-unsaturated/α-hetero) is 1. The highest BCUT2D eigenvalue weighted by molar-refractivity contribution is 6.46. The molecule has 0 unspecified atom stereocenters. The van der Waals surface area contributed by atoms with Crippen LogP contribution in [0.3, 0.4) is 0 Å². The first-order chi connectivity index (χ1) is 14.9. The van der Waals surface area contributed by atoms with E-state index >= 15 is 0 Å². The standard InChI is InChI=1S/C24H28N2O5/c1-25(2)13-6-14-26-21(16-9-11-18(30-3)12-10-16)20(23(28)24(26)29)22(27)17-7-5-8-19(15-17)31-4/h5,7-12,15,21,27H,6,13-14H2,1-4H3/p+1/t21-/m0/s1. The molecule has 31 heavy (non-hydrogen) atoms. The highest BCUT2D eigenvalue weighted by Crippen LogP contribution is 2.40. The lowest BCUT2D eigenvalue weighted by molar-refractivity contribution is -0.858. The number of ketones is 1. The van der Waals surface area contributed by atoms with Gasteiger partial charge in [0.15, 0.2) is 0 Å². The van der Waals surface area contributed by atoms with Gasteiger partial charge in [-0.05, 0) is 29.8 Å². The van der Waals surface area contributed by atoms with E-state index in [0.717, 1.165) is 18.5 Å². The van der Waals surface area contributed by atoms with Crippen molar-refractivity contribution in [2.24, 2.45) is 0 Å². The van der Waals surface area contributed by atoms with E-state index in [1.165, 1.54) is 12.0 Å². The molecule has 3 rings (SSSR count). The van der Waals surface area contributed by atoms with Crippen molar-refractivity contribution in [1.82, 2.24) is 4.90 Å². The number of aliphatic hydroxyl groups is 1. The molecular formula is C24H29N2O5+. The lowest BCUT2D eigenvalue weighted by Gasteiger charge is -2.25. The average Bonchev–Trinajstić information content (AvgIpc) is 3.03. The summed E-state index contributed by atoms with van der Waals surface area (Å²) in [6, 6.07) is 13.3. The van der Waals surface area contributed by atoms with Crippen LogP contribution in [0.4, 0.5) is 0 Å². The van der Waals surface area contributed by atoms with Crippen LogP contribution in [0.2, 0.25) is 0 Å². The Kier molecular flexibility index (Phi) is 6.97. The smallest absolute Gasteiger partial charge is 0.295 e. The van der Waals surface area contributed by atoms with E-state index in [-0.39, 0.29) is 11.3 Å². The predicted molar refractivity (Wildman–Crippen MR) is 117 cm³/mol. The van der Waals surface area contributed by atoms with Gasteiger partial charge in [0.1, 0.15) is 17.3 Å². The van der Waals surface area contributed by atoms with E-state index in [0.29, 0.717) is 23.6 Å². The van der Waals surface area contributed by atoms with Crippen molar-refractivity contribution in [3.63, 3.8) is 0 Å². The molecule has 2 aromatic carbocycles. The first-order valence-electron chi connectivity index (χ1n) is 10.2. The zero-order chi connectivity index (χ0) is 22.5. The van der Waals surface area contributed by atoms with Crippen LogP contribution >= 0.6 is 0 Å². The van der Waals surface area contributed by atoms with E-state index in [9.17, 15) is 14.7 Å². The fourth-order valence-electron chi connectivity index (χ4n) is 3.77. The Labute approximate surface area is 182 Å². The molecule has 0 saturated carbocycles. The van der Waals surface area contributed by atoms with Crippen molar-refractivity contribution in [3.8, 4) is 11.5 Å². The zero-order valence-corrected chi connectivity index (χ0v) is 18.3. The number of nitrogens with one attached hydrogen (secondary N) is 1. The Hall–Kier alpha value is -3.32. The normalized spacial score (nSPS) is 18.0. The second-order valence-electron chi connectivity index (χ2n) is 7.81. The van der Waals surface area contributed by atoms with Crippen molar-refractivity contribution >= 4 is 17.4 Å². The van der Waals surface area contributed by atoms with Crippen LogP contribution in [-0.2, 0) is 9.59 Å². The molecule has 0 spiro atoms. The lowest BCUT2D eigenvalue weighted by Crippen LogP contribution is -3.05. The summed E-state index contributed by atoms with van der Waals surface area (Å²) in [6.45, 7) is 1.27. The van der Waals surface area contributed by atoms with Crippen molar-refractivity contribution in [1.29, 1.82) is 0 Å². The first-order valence-corrected chi connectivity index (χ1v) is 10.2. The molecule has 2 aromatic rings. The van der Waals surface area contributed by atoms with Crippen LogP contribution < -0.4 is 14.4 Å². The van der Waals surface area contributed by atoms with E-state index in [1.807, 2.05) is 26.2 Å². The Balaban J connectivity index is 2.09. The number of carbonyl (C=O) groups excluding carboxylic acids is 2. The topological polar surface area (TPSA) is 80.5 Å². The molecule has 1 aliphatic heterocycles. The minimum atomic E-state index is -0.682. The van der Waals surface area contributed by atoms with Gasteiger partial charge in [0.2, 0.25) is 0 Å². The van der Waals surface area contributed by atoms with Crippen molar-refractivity contribution < 1.29 is 29.1 Å². The van der Waals surface area contributed by atoms with Crippen molar-refractivity contribution in [2.75, 3.05) is 41.4 Å². The van der Waals surface area contributed by atoms with Crippen LogP contribution in [0, 0.1) is 0 Å². The number of aliphatic hydroxyl groups excluding tert-OH is 1. The van der Waals surface area contributed by atoms with Gasteiger partial charge in [-0.15, -0.1) is 0 Å². The molecule has 2 N–H and O–H groups in total. The molecule has 0 aromatic heterocycles. The van der Waals surface area contributed by atoms with Gasteiger partial charge in [0.25, 0.3) is 11.7 Å². The van der Waals surface area contributed by atoms with Gasteiger partial charge in [-0.25, -0.2) is 0 Å². The molecule has 0 aliphatic carbocycles. The Morgan fingerprint density at radius 1 is 1.03 bits per heavy atom. The highest BCUT2D eigenvalue weighted by atomic mass is 16.5. The van der Waals surface area contributed by atoms with Crippen LogP contribution in [-0.4, -0.2) is 63.1 Å². The molecular weight excluding hydrogens is 396 g/mol. The fourth-order valence-corrected chi connectivity index (χ4v) is 3.77. The van der Waals surface area contributed by atoms with E-state index in [1.54, 1.807) is 48.4 Å². The largest absolute Gasteiger partial charge is 0.507 e. The zero-order valence-electron chi connectivity index (χ0n) is 18.3. The highest BCUT2D eigenvalue weighted by Gasteiger charge is 2.45. The third-order valence-electron chi connectivity index (χ3n) is 5.39. The number of ether oxygens (including phenoxy) is 2. The molecule has 7 nitrogen and oxygen atoms in total. The van der Waals surface area contributed by atoms with Gasteiger partial charge in [-0.1, -0.05) is 24.3 Å². The summed E-state index contributed by atoms with van der Waals surface area (Å²) < 4.78 is 10.5. The van der Waals surface area contributed by atoms with Crippen LogP contribution in [0.1, 0.15) is 23.6 Å². The summed E-state index contributed by atoms with van der Waals surface area (Å²) in [4.78, 5) is 28.8. The number of carbonyl (C=O) groups is 2. The van der Waals surface area contributed by atoms with Gasteiger partial charge in [0, 0.05) is 18.5 Å². The monoisotopic (exact) mass is 425 g/mol. The van der Waals surface area contributed by atoms with Crippen LogP contribution in [0.5, 0.6) is 11.5 Å². The lowest BCUT2D eigenvalue weighted by atomic mass is 9.95. The van der Waals surface area contributed by atoms with Gasteiger partial charge < -0.3 is 24.4 Å². The summed E-state index contributed by atoms with van der Waals surface area (Å²) in [5.41, 5.74) is 1.25. The maximum absolute atomic E-state index is 13.0. The minimum Gasteiger partial charge on any atom is -0.507 e. The van der Waals surface area contributed by atoms with Gasteiger partial charge in [0.05, 0.1) is 46.5 Å². The molecule has 164 valence electrons. The predicted octanol–water partition coefficient (Wildman–Crippen LogP) is 1.66. The second kappa shape index (κ2) is 9.66. The maximum Gasteiger partial charge on any atom is 0.295 e. The summed E-state index contributed by atoms with van der Waals surface area (Å²) >= 11 is 0. The fraction of sp³-hybridized carbons (Fsp3) is 0.333. The van der Waals surface area contributed by atoms with Crippen molar-refractivity contribution in [3.05, 3.63) is 65.2 Å². The van der Waals surface area contributed by atoms with Crippen LogP contribution in [0.15, 0.2) is 54.1 Å². The molecule has 1 heterocycles. The summed E-state index contributed by atoms with van der Waals surface area (Å²) in [5.74, 6) is -0.269. The number of quaternary nitrogens is 1. The van der Waals surface area contributed by atoms with Gasteiger partial charge in [-0.3, -0.25) is 9.59 Å².